The van der Waals surface area contributed by atoms with Gasteiger partial charge >= 0.3 is 0 Å². The molecule has 32 heavy (non-hydrogen) atoms. The van der Waals surface area contributed by atoms with Crippen LogP contribution in [0.3, 0.4) is 0 Å². The van der Waals surface area contributed by atoms with Crippen molar-refractivity contribution in [1.29, 1.82) is 0 Å². The third-order valence-corrected chi connectivity index (χ3v) is 6.45. The van der Waals surface area contributed by atoms with Crippen LogP contribution in [-0.4, -0.2) is 39.3 Å². The number of hydrogen-bond donors (Lipinski definition) is 2. The van der Waals surface area contributed by atoms with Crippen molar-refractivity contribution in [2.24, 2.45) is 5.10 Å². The highest BCUT2D eigenvalue weighted by Gasteiger charge is 2.27. The zero-order chi connectivity index (χ0) is 23.1. The Morgan fingerprint density at radius 3 is 2.47 bits per heavy atom. The van der Waals surface area contributed by atoms with Gasteiger partial charge in [-0.25, -0.2) is 13.8 Å². The molecule has 10 heteroatoms. The number of halogens is 1. The van der Waals surface area contributed by atoms with E-state index in [9.17, 15) is 18.3 Å². The summed E-state index contributed by atoms with van der Waals surface area (Å²) in [7, 11) is -2.65. The van der Waals surface area contributed by atoms with Gasteiger partial charge in [-0.3, -0.25) is 9.10 Å². The molecule has 0 fully saturated rings. The van der Waals surface area contributed by atoms with Crippen LogP contribution in [0.4, 0.5) is 5.69 Å². The maximum Gasteiger partial charge on any atom is 0.264 e. The van der Waals surface area contributed by atoms with E-state index < -0.39 is 22.5 Å². The van der Waals surface area contributed by atoms with Gasteiger partial charge in [0.05, 0.1) is 28.9 Å². The zero-order valence-electron chi connectivity index (χ0n) is 17.0. The maximum absolute atomic E-state index is 13.3. The Kier molecular flexibility index (Phi) is 7.34. The molecule has 3 aromatic carbocycles. The number of phenols is 1. The number of carbonyl (C=O) groups is 1. The lowest BCUT2D eigenvalue weighted by atomic mass is 10.2. The molecule has 0 bridgehead atoms. The average Bonchev–Trinajstić information content (AvgIpc) is 2.79. The number of rotatable bonds is 8. The molecule has 0 spiro atoms. The van der Waals surface area contributed by atoms with Gasteiger partial charge in [0.15, 0.2) is 0 Å². The van der Waals surface area contributed by atoms with Crippen molar-refractivity contribution in [3.8, 4) is 11.5 Å². The maximum atomic E-state index is 13.3. The van der Waals surface area contributed by atoms with Crippen molar-refractivity contribution in [1.82, 2.24) is 5.43 Å². The fourth-order valence-electron chi connectivity index (χ4n) is 2.78. The van der Waals surface area contributed by atoms with Crippen molar-refractivity contribution < 1.29 is 23.1 Å². The van der Waals surface area contributed by atoms with Crippen LogP contribution in [0.25, 0.3) is 0 Å². The topological polar surface area (TPSA) is 108 Å². The van der Waals surface area contributed by atoms with Crippen LogP contribution in [0.15, 0.2) is 82.8 Å². The SMILES string of the molecule is COc1ccc(N(CC(=O)N/N=C\c2ccccc2O)S(=O)(=O)c2ccccc2)cc1Cl. The Bertz CT molecular complexity index is 1230. The summed E-state index contributed by atoms with van der Waals surface area (Å²) in [5.74, 6) is -0.334. The number of amides is 1. The third-order valence-electron chi connectivity index (χ3n) is 4.37. The number of anilines is 1. The molecule has 166 valence electrons. The van der Waals surface area contributed by atoms with Gasteiger partial charge < -0.3 is 9.84 Å². The number of nitrogens with zero attached hydrogens (tertiary/aromatic N) is 2. The number of carbonyl (C=O) groups excluding carboxylic acids is 1. The quantitative estimate of drug-likeness (QED) is 0.385. The number of ether oxygens (including phenoxy) is 1. The largest absolute Gasteiger partial charge is 0.507 e. The lowest BCUT2D eigenvalue weighted by Gasteiger charge is -2.24. The summed E-state index contributed by atoms with van der Waals surface area (Å²) >= 11 is 6.18. The Balaban J connectivity index is 1.88. The minimum Gasteiger partial charge on any atom is -0.507 e. The molecule has 8 nitrogen and oxygen atoms in total. The van der Waals surface area contributed by atoms with E-state index in [1.807, 2.05) is 0 Å². The van der Waals surface area contributed by atoms with Gasteiger partial charge in [0, 0.05) is 5.56 Å². The predicted molar refractivity (Wildman–Crippen MR) is 123 cm³/mol. The number of methoxy groups -OCH3 is 1. The Morgan fingerprint density at radius 1 is 1.12 bits per heavy atom. The lowest BCUT2D eigenvalue weighted by molar-refractivity contribution is -0.119. The number of phenolic OH excluding ortho intramolecular Hbond substituents is 1. The molecule has 3 aromatic rings. The fourth-order valence-corrected chi connectivity index (χ4v) is 4.47. The second kappa shape index (κ2) is 10.2. The molecule has 0 aromatic heterocycles. The number of benzene rings is 3. The number of para-hydroxylation sites is 1. The molecule has 0 aliphatic carbocycles. The Hall–Kier alpha value is -3.56. The summed E-state index contributed by atoms with van der Waals surface area (Å²) in [5.41, 5.74) is 2.85. The number of aromatic hydroxyl groups is 1. The molecule has 0 saturated carbocycles. The zero-order valence-corrected chi connectivity index (χ0v) is 18.5. The Labute approximate surface area is 190 Å². The summed E-state index contributed by atoms with van der Waals surface area (Å²) in [6.45, 7) is -0.558. The highest BCUT2D eigenvalue weighted by Crippen LogP contribution is 2.31. The minimum atomic E-state index is -4.09. The summed E-state index contributed by atoms with van der Waals surface area (Å²) in [4.78, 5) is 12.5. The van der Waals surface area contributed by atoms with Crippen LogP contribution in [-0.2, 0) is 14.8 Å². The van der Waals surface area contributed by atoms with Gasteiger partial charge in [-0.05, 0) is 42.5 Å². The first-order chi connectivity index (χ1) is 15.3. The molecule has 1 amide bonds. The van der Waals surface area contributed by atoms with Crippen LogP contribution in [0.2, 0.25) is 5.02 Å². The van der Waals surface area contributed by atoms with E-state index in [2.05, 4.69) is 10.5 Å². The van der Waals surface area contributed by atoms with Crippen LogP contribution < -0.4 is 14.5 Å². The van der Waals surface area contributed by atoms with E-state index >= 15 is 0 Å². The highest BCUT2D eigenvalue weighted by molar-refractivity contribution is 7.92. The van der Waals surface area contributed by atoms with Crippen LogP contribution in [0.5, 0.6) is 11.5 Å². The van der Waals surface area contributed by atoms with Crippen LogP contribution in [0.1, 0.15) is 5.56 Å². The number of nitrogens with one attached hydrogen (secondary N) is 1. The first-order valence-corrected chi connectivity index (χ1v) is 11.2. The van der Waals surface area contributed by atoms with Crippen molar-refractivity contribution in [3.05, 3.63) is 83.4 Å². The van der Waals surface area contributed by atoms with E-state index in [0.29, 0.717) is 11.3 Å². The highest BCUT2D eigenvalue weighted by atomic mass is 35.5. The monoisotopic (exact) mass is 473 g/mol. The number of sulfonamides is 1. The van der Waals surface area contributed by atoms with Crippen LogP contribution >= 0.6 is 11.6 Å². The van der Waals surface area contributed by atoms with Gasteiger partial charge in [-0.15, -0.1) is 0 Å². The van der Waals surface area contributed by atoms with Gasteiger partial charge in [0.25, 0.3) is 15.9 Å². The summed E-state index contributed by atoms with van der Waals surface area (Å²) < 4.78 is 32.6. The molecule has 0 aliphatic heterocycles. The van der Waals surface area contributed by atoms with E-state index in [-0.39, 0.29) is 21.4 Å². The van der Waals surface area contributed by atoms with Gasteiger partial charge in [0.1, 0.15) is 18.0 Å². The summed E-state index contributed by atoms with van der Waals surface area (Å²) in [6, 6.07) is 18.6. The fraction of sp³-hybridized carbons (Fsp3) is 0.0909. The molecule has 0 aliphatic rings. The Morgan fingerprint density at radius 2 is 1.81 bits per heavy atom. The lowest BCUT2D eigenvalue weighted by Crippen LogP contribution is -2.39. The average molecular weight is 474 g/mol. The third kappa shape index (κ3) is 5.37. The molecule has 0 radical (unpaired) electrons. The first-order valence-electron chi connectivity index (χ1n) is 9.34. The molecule has 0 heterocycles. The predicted octanol–water partition coefficient (Wildman–Crippen LogP) is 3.40. The van der Waals surface area contributed by atoms with E-state index in [1.54, 1.807) is 36.4 Å². The van der Waals surface area contributed by atoms with Crippen molar-refractivity contribution in [2.45, 2.75) is 4.90 Å². The molecule has 2 N–H and O–H groups in total. The number of hydrogen-bond acceptors (Lipinski definition) is 6. The summed E-state index contributed by atoms with van der Waals surface area (Å²) in [6.07, 6.45) is 1.26. The standard InChI is InChI=1S/C22H20ClN3O5S/c1-31-21-12-11-17(13-19(21)23)26(32(29,30)18-8-3-2-4-9-18)15-22(28)25-24-14-16-7-5-6-10-20(16)27/h2-14,27H,15H2,1H3,(H,25,28)/b24-14-. The minimum absolute atomic E-state index is 0.00773. The molecule has 3 rings (SSSR count). The first kappa shape index (κ1) is 23.1. The van der Waals surface area contributed by atoms with Crippen molar-refractivity contribution >= 4 is 39.4 Å². The second-order valence-corrected chi connectivity index (χ2v) is 8.77. The van der Waals surface area contributed by atoms with Gasteiger partial charge in [-0.1, -0.05) is 41.9 Å². The van der Waals surface area contributed by atoms with Crippen LogP contribution in [0, 0.1) is 0 Å². The molecule has 0 saturated heterocycles. The normalized spacial score (nSPS) is 11.3. The van der Waals surface area contributed by atoms with Gasteiger partial charge in [-0.2, -0.15) is 5.10 Å². The van der Waals surface area contributed by atoms with Crippen molar-refractivity contribution in [3.63, 3.8) is 0 Å². The van der Waals surface area contributed by atoms with E-state index in [1.165, 1.54) is 49.7 Å². The number of hydrazone groups is 1. The molecular weight excluding hydrogens is 454 g/mol. The second-order valence-electron chi connectivity index (χ2n) is 6.50. The molecule has 0 atom stereocenters. The van der Waals surface area contributed by atoms with E-state index in [0.717, 1.165) is 4.31 Å². The molecule has 0 unspecified atom stereocenters. The smallest absolute Gasteiger partial charge is 0.264 e. The van der Waals surface area contributed by atoms with Gasteiger partial charge in [0.2, 0.25) is 0 Å². The summed E-state index contributed by atoms with van der Waals surface area (Å²) in [5, 5.41) is 13.7. The molecular formula is C22H20ClN3O5S. The van der Waals surface area contributed by atoms with Crippen molar-refractivity contribution in [2.75, 3.05) is 18.0 Å². The van der Waals surface area contributed by atoms with E-state index in [4.69, 9.17) is 16.3 Å².